The van der Waals surface area contributed by atoms with Gasteiger partial charge in [0.2, 0.25) is 0 Å². The highest BCUT2D eigenvalue weighted by molar-refractivity contribution is 7.90. The van der Waals surface area contributed by atoms with Crippen LogP contribution >= 0.6 is 0 Å². The van der Waals surface area contributed by atoms with E-state index in [1.54, 1.807) is 42.5 Å². The van der Waals surface area contributed by atoms with E-state index in [0.717, 1.165) is 5.75 Å². The van der Waals surface area contributed by atoms with Gasteiger partial charge in [-0.25, -0.2) is 13.2 Å². The Kier molecular flexibility index (Phi) is 7.88. The molecule has 0 spiro atoms. The number of carbonyl (C=O) groups excluding carboxylic acids is 2. The number of amides is 1. The zero-order valence-electron chi connectivity index (χ0n) is 18.2. The Bertz CT molecular complexity index is 1130. The SMILES string of the molecule is CCOc1ccc(OCCNC(=O)COC(=O)[C@@H](C)N=C2NS(=O)(=O)c3ccccc32)cc1. The number of benzene rings is 2. The minimum Gasteiger partial charge on any atom is -0.494 e. The molecule has 2 aromatic rings. The van der Waals surface area contributed by atoms with Gasteiger partial charge < -0.3 is 19.5 Å². The number of ether oxygens (including phenoxy) is 3. The van der Waals surface area contributed by atoms with Crippen LogP contribution in [0.3, 0.4) is 0 Å². The topological polar surface area (TPSA) is 132 Å². The molecule has 10 nitrogen and oxygen atoms in total. The van der Waals surface area contributed by atoms with Crippen LogP contribution in [0.15, 0.2) is 58.4 Å². The maximum absolute atomic E-state index is 12.2. The lowest BCUT2D eigenvalue weighted by Crippen LogP contribution is -2.33. The summed E-state index contributed by atoms with van der Waals surface area (Å²) in [6.07, 6.45) is 0. The molecule has 2 N–H and O–H groups in total. The zero-order valence-corrected chi connectivity index (χ0v) is 19.1. The number of hydrogen-bond donors (Lipinski definition) is 2. The molecule has 0 fully saturated rings. The van der Waals surface area contributed by atoms with E-state index in [4.69, 9.17) is 14.2 Å². The number of hydrogen-bond acceptors (Lipinski definition) is 8. The fourth-order valence-corrected chi connectivity index (χ4v) is 4.18. The minimum absolute atomic E-state index is 0.0611. The first-order valence-electron chi connectivity index (χ1n) is 10.3. The van der Waals surface area contributed by atoms with Gasteiger partial charge in [-0.2, -0.15) is 0 Å². The molecule has 0 aliphatic carbocycles. The molecule has 1 atom stereocenters. The Hall–Kier alpha value is -3.60. The number of aliphatic imine (C=N–C) groups is 1. The molecule has 0 saturated heterocycles. The van der Waals surface area contributed by atoms with E-state index < -0.39 is 34.5 Å². The second-order valence-corrected chi connectivity index (χ2v) is 8.62. The molecule has 1 amide bonds. The van der Waals surface area contributed by atoms with E-state index in [-0.39, 0.29) is 23.9 Å². The van der Waals surface area contributed by atoms with Gasteiger partial charge in [0, 0.05) is 5.56 Å². The minimum atomic E-state index is -3.70. The number of nitrogens with zero attached hydrogens (tertiary/aromatic N) is 1. The van der Waals surface area contributed by atoms with Crippen LogP contribution in [0, 0.1) is 0 Å². The van der Waals surface area contributed by atoms with Crippen LogP contribution in [0.25, 0.3) is 0 Å². The maximum Gasteiger partial charge on any atom is 0.331 e. The summed E-state index contributed by atoms with van der Waals surface area (Å²) in [5.41, 5.74) is 0.377. The quantitative estimate of drug-likeness (QED) is 0.390. The lowest BCUT2D eigenvalue weighted by molar-refractivity contribution is -0.149. The first-order chi connectivity index (χ1) is 15.8. The first kappa shape index (κ1) is 24.1. The van der Waals surface area contributed by atoms with Crippen LogP contribution in [0.5, 0.6) is 11.5 Å². The Morgan fingerprint density at radius 1 is 1.06 bits per heavy atom. The Labute approximate surface area is 192 Å². The van der Waals surface area contributed by atoms with Gasteiger partial charge >= 0.3 is 5.97 Å². The monoisotopic (exact) mass is 475 g/mol. The third kappa shape index (κ3) is 6.45. The van der Waals surface area contributed by atoms with Crippen LogP contribution in [-0.2, 0) is 24.3 Å². The van der Waals surface area contributed by atoms with Gasteiger partial charge in [-0.05, 0) is 50.2 Å². The van der Waals surface area contributed by atoms with Gasteiger partial charge in [-0.15, -0.1) is 0 Å². The van der Waals surface area contributed by atoms with Gasteiger partial charge in [0.05, 0.1) is 18.0 Å². The molecule has 0 unspecified atom stereocenters. The summed E-state index contributed by atoms with van der Waals surface area (Å²) in [7, 11) is -3.70. The number of fused-ring (bicyclic) bond motifs is 1. The largest absolute Gasteiger partial charge is 0.494 e. The number of esters is 1. The molecular formula is C22H25N3O7S. The summed E-state index contributed by atoms with van der Waals surface area (Å²) in [5.74, 6) is 0.188. The van der Waals surface area contributed by atoms with Crippen molar-refractivity contribution < 1.29 is 32.2 Å². The summed E-state index contributed by atoms with van der Waals surface area (Å²) in [5, 5.41) is 2.58. The van der Waals surface area contributed by atoms with E-state index in [0.29, 0.717) is 17.9 Å². The molecular weight excluding hydrogens is 450 g/mol. The molecule has 0 saturated carbocycles. The smallest absolute Gasteiger partial charge is 0.331 e. The predicted molar refractivity (Wildman–Crippen MR) is 120 cm³/mol. The fraction of sp³-hybridized carbons (Fsp3) is 0.318. The molecule has 11 heteroatoms. The molecule has 1 aliphatic heterocycles. The molecule has 0 aromatic heterocycles. The summed E-state index contributed by atoms with van der Waals surface area (Å²) in [4.78, 5) is 28.3. The van der Waals surface area contributed by atoms with Crippen molar-refractivity contribution in [3.63, 3.8) is 0 Å². The van der Waals surface area contributed by atoms with Crippen LogP contribution in [0.2, 0.25) is 0 Å². The molecule has 1 heterocycles. The molecule has 0 bridgehead atoms. The van der Waals surface area contributed by atoms with E-state index in [2.05, 4.69) is 15.0 Å². The first-order valence-corrected chi connectivity index (χ1v) is 11.8. The number of nitrogens with one attached hydrogen (secondary N) is 2. The molecule has 3 rings (SSSR count). The third-order valence-corrected chi connectivity index (χ3v) is 5.90. The third-order valence-electron chi connectivity index (χ3n) is 4.50. The van der Waals surface area contributed by atoms with Crippen LogP contribution in [0.1, 0.15) is 19.4 Å². The van der Waals surface area contributed by atoms with Gasteiger partial charge in [0.15, 0.2) is 6.61 Å². The molecule has 1 aliphatic rings. The van der Waals surface area contributed by atoms with Crippen LogP contribution in [0.4, 0.5) is 0 Å². The van der Waals surface area contributed by atoms with Crippen molar-refractivity contribution >= 4 is 27.7 Å². The Morgan fingerprint density at radius 3 is 2.42 bits per heavy atom. The van der Waals surface area contributed by atoms with Crippen LogP contribution < -0.4 is 19.5 Å². The Balaban J connectivity index is 1.40. The number of amidine groups is 1. The highest BCUT2D eigenvalue weighted by Gasteiger charge is 2.31. The van der Waals surface area contributed by atoms with Crippen molar-refractivity contribution in [2.24, 2.45) is 4.99 Å². The second-order valence-electron chi connectivity index (χ2n) is 6.97. The second kappa shape index (κ2) is 10.8. The maximum atomic E-state index is 12.2. The van der Waals surface area contributed by atoms with E-state index in [1.165, 1.54) is 13.0 Å². The number of sulfonamides is 1. The zero-order chi connectivity index (χ0) is 23.8. The van der Waals surface area contributed by atoms with Crippen molar-refractivity contribution in [3.05, 3.63) is 54.1 Å². The summed E-state index contributed by atoms with van der Waals surface area (Å²) in [6.45, 7) is 3.90. The lowest BCUT2D eigenvalue weighted by atomic mass is 10.2. The summed E-state index contributed by atoms with van der Waals surface area (Å²) in [6, 6.07) is 12.4. The van der Waals surface area contributed by atoms with Crippen molar-refractivity contribution in [2.45, 2.75) is 24.8 Å². The molecule has 2 aromatic carbocycles. The summed E-state index contributed by atoms with van der Waals surface area (Å²) >= 11 is 0. The van der Waals surface area contributed by atoms with Gasteiger partial charge in [-0.1, -0.05) is 12.1 Å². The normalized spacial score (nSPS) is 15.8. The Morgan fingerprint density at radius 2 is 1.73 bits per heavy atom. The van der Waals surface area contributed by atoms with E-state index >= 15 is 0 Å². The van der Waals surface area contributed by atoms with Gasteiger partial charge in [0.25, 0.3) is 15.9 Å². The predicted octanol–water partition coefficient (Wildman–Crippen LogP) is 1.25. The fourth-order valence-electron chi connectivity index (χ4n) is 2.94. The van der Waals surface area contributed by atoms with E-state index in [1.807, 2.05) is 6.92 Å². The van der Waals surface area contributed by atoms with Gasteiger partial charge in [0.1, 0.15) is 30.0 Å². The highest BCUT2D eigenvalue weighted by atomic mass is 32.2. The van der Waals surface area contributed by atoms with Crippen molar-refractivity contribution in [1.82, 2.24) is 10.0 Å². The summed E-state index contributed by atoms with van der Waals surface area (Å²) < 4.78 is 42.4. The van der Waals surface area contributed by atoms with Crippen LogP contribution in [-0.4, -0.2) is 58.5 Å². The lowest BCUT2D eigenvalue weighted by Gasteiger charge is -2.10. The molecule has 33 heavy (non-hydrogen) atoms. The molecule has 0 radical (unpaired) electrons. The average molecular weight is 476 g/mol. The van der Waals surface area contributed by atoms with Gasteiger partial charge in [-0.3, -0.25) is 14.5 Å². The number of rotatable bonds is 10. The molecule has 176 valence electrons. The standard InChI is InChI=1S/C22H25N3O7S/c1-3-30-16-8-10-17(11-9-16)31-13-12-23-20(26)14-32-22(27)15(2)24-21-18-6-4-5-7-19(18)33(28,29)25-21/h4-11,15H,3,12-14H2,1-2H3,(H,23,26)(H,24,25)/t15-/m1/s1. The average Bonchev–Trinajstić information content (AvgIpc) is 3.06. The van der Waals surface area contributed by atoms with Crippen molar-refractivity contribution in [3.8, 4) is 11.5 Å². The van der Waals surface area contributed by atoms with Crippen molar-refractivity contribution in [2.75, 3.05) is 26.4 Å². The van der Waals surface area contributed by atoms with E-state index in [9.17, 15) is 18.0 Å². The van der Waals surface area contributed by atoms with Crippen molar-refractivity contribution in [1.29, 1.82) is 0 Å². The highest BCUT2D eigenvalue weighted by Crippen LogP contribution is 2.22. The number of carbonyl (C=O) groups is 2.